The molecule has 20 heavy (non-hydrogen) atoms. The van der Waals surface area contributed by atoms with Crippen LogP contribution in [0.25, 0.3) is 0 Å². The summed E-state index contributed by atoms with van der Waals surface area (Å²) in [5.41, 5.74) is 0. The van der Waals surface area contributed by atoms with Gasteiger partial charge in [-0.05, 0) is 43.9 Å². The van der Waals surface area contributed by atoms with E-state index in [1.54, 1.807) is 6.07 Å². The average molecular weight is 317 g/mol. The first-order valence-corrected chi connectivity index (χ1v) is 9.34. The zero-order valence-corrected chi connectivity index (χ0v) is 13.7. The van der Waals surface area contributed by atoms with Crippen LogP contribution in [-0.2, 0) is 16.6 Å². The molecule has 1 fully saturated rings. The number of hydrogen-bond acceptors (Lipinski definition) is 5. The summed E-state index contributed by atoms with van der Waals surface area (Å²) in [6, 6.07) is 1.69. The molecule has 1 aromatic rings. The molecule has 0 spiro atoms. The summed E-state index contributed by atoms with van der Waals surface area (Å²) in [5.74, 6) is 0.422. The van der Waals surface area contributed by atoms with Gasteiger partial charge in [0.1, 0.15) is 0 Å². The molecule has 0 aromatic carbocycles. The highest BCUT2D eigenvalue weighted by Crippen LogP contribution is 2.22. The highest BCUT2D eigenvalue weighted by Gasteiger charge is 2.24. The number of rotatable bonds is 7. The van der Waals surface area contributed by atoms with E-state index in [2.05, 4.69) is 22.0 Å². The summed E-state index contributed by atoms with van der Waals surface area (Å²) in [7, 11) is -1.31. The maximum absolute atomic E-state index is 12.4. The first-order chi connectivity index (χ1) is 9.53. The fourth-order valence-electron chi connectivity index (χ4n) is 2.43. The van der Waals surface area contributed by atoms with Gasteiger partial charge < -0.3 is 10.2 Å². The van der Waals surface area contributed by atoms with E-state index < -0.39 is 10.0 Å². The van der Waals surface area contributed by atoms with Crippen molar-refractivity contribution in [2.24, 2.45) is 5.92 Å². The number of hydrogen-bond donors (Lipinski definition) is 2. The van der Waals surface area contributed by atoms with Gasteiger partial charge in [0.25, 0.3) is 0 Å². The van der Waals surface area contributed by atoms with Crippen molar-refractivity contribution in [1.29, 1.82) is 0 Å². The molecule has 0 radical (unpaired) electrons. The second-order valence-electron chi connectivity index (χ2n) is 5.26. The van der Waals surface area contributed by atoms with Gasteiger partial charge in [-0.15, -0.1) is 11.3 Å². The molecule has 5 nitrogen and oxygen atoms in total. The molecule has 2 N–H and O–H groups in total. The maximum atomic E-state index is 12.4. The van der Waals surface area contributed by atoms with Crippen LogP contribution in [0.2, 0.25) is 0 Å². The van der Waals surface area contributed by atoms with Crippen LogP contribution in [0.5, 0.6) is 0 Å². The van der Waals surface area contributed by atoms with Crippen LogP contribution in [0.1, 0.15) is 18.2 Å². The molecule has 1 saturated heterocycles. The summed E-state index contributed by atoms with van der Waals surface area (Å²) in [6.45, 7) is 6.00. The Hall–Kier alpha value is -0.470. The summed E-state index contributed by atoms with van der Waals surface area (Å²) in [6.07, 6.45) is 1.06. The number of likely N-dealkylation sites (tertiary alicyclic amines) is 1. The number of nitrogens with one attached hydrogen (secondary N) is 2. The summed E-state index contributed by atoms with van der Waals surface area (Å²) in [5, 5.41) is 5.02. The SMILES string of the molecule is CCNCc1sccc1S(=O)(=O)NCC1CCN(C)C1. The topological polar surface area (TPSA) is 61.4 Å². The van der Waals surface area contributed by atoms with Gasteiger partial charge in [0.05, 0.1) is 4.90 Å². The Labute approximate surface area is 125 Å². The minimum atomic E-state index is -3.38. The molecule has 1 aromatic heterocycles. The van der Waals surface area contributed by atoms with Crippen LogP contribution in [0.4, 0.5) is 0 Å². The predicted molar refractivity (Wildman–Crippen MR) is 82.5 cm³/mol. The Balaban J connectivity index is 1.97. The largest absolute Gasteiger partial charge is 0.312 e. The van der Waals surface area contributed by atoms with Gasteiger partial charge >= 0.3 is 0 Å². The highest BCUT2D eigenvalue weighted by atomic mass is 32.2. The molecule has 2 heterocycles. The zero-order valence-electron chi connectivity index (χ0n) is 12.1. The smallest absolute Gasteiger partial charge is 0.241 e. The molecule has 2 rings (SSSR count). The summed E-state index contributed by atoms with van der Waals surface area (Å²) in [4.78, 5) is 3.54. The predicted octanol–water partition coefficient (Wildman–Crippen LogP) is 1.09. The quantitative estimate of drug-likeness (QED) is 0.790. The average Bonchev–Trinajstić information content (AvgIpc) is 3.03. The lowest BCUT2D eigenvalue weighted by molar-refractivity contribution is 0.394. The van der Waals surface area contributed by atoms with Crippen LogP contribution in [0, 0.1) is 5.92 Å². The van der Waals surface area contributed by atoms with E-state index in [9.17, 15) is 8.42 Å². The second kappa shape index (κ2) is 7.00. The first-order valence-electron chi connectivity index (χ1n) is 6.98. The lowest BCUT2D eigenvalue weighted by Crippen LogP contribution is -2.31. The first kappa shape index (κ1) is 15.9. The van der Waals surface area contributed by atoms with Crippen LogP contribution < -0.4 is 10.0 Å². The minimum absolute atomic E-state index is 0.422. The van der Waals surface area contributed by atoms with Gasteiger partial charge in [0.15, 0.2) is 0 Å². The summed E-state index contributed by atoms with van der Waals surface area (Å²) >= 11 is 1.48. The van der Waals surface area contributed by atoms with Gasteiger partial charge in [-0.3, -0.25) is 0 Å². The molecule has 1 aliphatic heterocycles. The van der Waals surface area contributed by atoms with Gasteiger partial charge in [0, 0.05) is 24.5 Å². The van der Waals surface area contributed by atoms with Gasteiger partial charge in [-0.2, -0.15) is 0 Å². The van der Waals surface area contributed by atoms with E-state index in [1.807, 2.05) is 12.3 Å². The van der Waals surface area contributed by atoms with Crippen molar-refractivity contribution in [3.63, 3.8) is 0 Å². The highest BCUT2D eigenvalue weighted by molar-refractivity contribution is 7.89. The third-order valence-electron chi connectivity index (χ3n) is 3.58. The van der Waals surface area contributed by atoms with Crippen molar-refractivity contribution in [3.8, 4) is 0 Å². The molecule has 0 amide bonds. The molecular weight excluding hydrogens is 294 g/mol. The normalized spacial score (nSPS) is 20.6. The van der Waals surface area contributed by atoms with Gasteiger partial charge in [-0.1, -0.05) is 6.92 Å². The lowest BCUT2D eigenvalue weighted by Gasteiger charge is -2.12. The molecule has 0 saturated carbocycles. The van der Waals surface area contributed by atoms with Crippen LogP contribution in [0.15, 0.2) is 16.3 Å². The molecule has 0 bridgehead atoms. The Morgan fingerprint density at radius 1 is 1.50 bits per heavy atom. The Bertz CT molecular complexity index is 527. The monoisotopic (exact) mass is 317 g/mol. The van der Waals surface area contributed by atoms with E-state index in [-0.39, 0.29) is 0 Å². The van der Waals surface area contributed by atoms with Gasteiger partial charge in [-0.25, -0.2) is 13.1 Å². The van der Waals surface area contributed by atoms with Crippen molar-refractivity contribution in [3.05, 3.63) is 16.3 Å². The van der Waals surface area contributed by atoms with Crippen molar-refractivity contribution in [2.75, 3.05) is 33.2 Å². The molecule has 1 unspecified atom stereocenters. The van der Waals surface area contributed by atoms with E-state index >= 15 is 0 Å². The third-order valence-corrected chi connectivity index (χ3v) is 6.14. The number of thiophene rings is 1. The van der Waals surface area contributed by atoms with E-state index in [1.165, 1.54) is 11.3 Å². The molecular formula is C13H23N3O2S2. The van der Waals surface area contributed by atoms with E-state index in [0.29, 0.717) is 23.9 Å². The summed E-state index contributed by atoms with van der Waals surface area (Å²) < 4.78 is 27.5. The molecule has 1 aliphatic rings. The van der Waals surface area contributed by atoms with E-state index in [4.69, 9.17) is 0 Å². The molecule has 1 atom stereocenters. The fraction of sp³-hybridized carbons (Fsp3) is 0.692. The Kier molecular flexibility index (Phi) is 5.57. The Morgan fingerprint density at radius 3 is 2.95 bits per heavy atom. The van der Waals surface area contributed by atoms with Crippen molar-refractivity contribution in [1.82, 2.24) is 14.9 Å². The van der Waals surface area contributed by atoms with Crippen LogP contribution in [-0.4, -0.2) is 46.5 Å². The van der Waals surface area contributed by atoms with Crippen molar-refractivity contribution in [2.45, 2.75) is 24.8 Å². The van der Waals surface area contributed by atoms with Crippen LogP contribution in [0.3, 0.4) is 0 Å². The van der Waals surface area contributed by atoms with Crippen molar-refractivity contribution < 1.29 is 8.42 Å². The standard InChI is InChI=1S/C13H23N3O2S2/c1-3-14-9-12-13(5-7-19-12)20(17,18)15-8-11-4-6-16(2)10-11/h5,7,11,14-15H,3-4,6,8-10H2,1-2H3. The number of nitrogens with zero attached hydrogens (tertiary/aromatic N) is 1. The second-order valence-corrected chi connectivity index (χ2v) is 7.99. The van der Waals surface area contributed by atoms with Crippen molar-refractivity contribution >= 4 is 21.4 Å². The lowest BCUT2D eigenvalue weighted by atomic mass is 10.1. The van der Waals surface area contributed by atoms with Crippen LogP contribution >= 0.6 is 11.3 Å². The molecule has 0 aliphatic carbocycles. The minimum Gasteiger partial charge on any atom is -0.312 e. The Morgan fingerprint density at radius 2 is 2.30 bits per heavy atom. The zero-order chi connectivity index (χ0) is 14.6. The number of sulfonamides is 1. The molecule has 114 valence electrons. The van der Waals surface area contributed by atoms with Gasteiger partial charge in [0.2, 0.25) is 10.0 Å². The fourth-order valence-corrected chi connectivity index (χ4v) is 4.96. The van der Waals surface area contributed by atoms with E-state index in [0.717, 1.165) is 30.9 Å². The third kappa shape index (κ3) is 4.02. The maximum Gasteiger partial charge on any atom is 0.241 e. The molecule has 7 heteroatoms.